The van der Waals surface area contributed by atoms with E-state index in [1.807, 2.05) is 17.6 Å². The Morgan fingerprint density at radius 2 is 1.92 bits per heavy atom. The predicted octanol–water partition coefficient (Wildman–Crippen LogP) is 5.40. The van der Waals surface area contributed by atoms with Gasteiger partial charge in [0.15, 0.2) is 0 Å². The Labute approximate surface area is 155 Å². The lowest BCUT2D eigenvalue weighted by Crippen LogP contribution is -2.25. The summed E-state index contributed by atoms with van der Waals surface area (Å²) in [6.45, 7) is 1.81. The van der Waals surface area contributed by atoms with Crippen molar-refractivity contribution >= 4 is 38.1 Å². The zero-order valence-electron chi connectivity index (χ0n) is 14.2. The summed E-state index contributed by atoms with van der Waals surface area (Å²) in [6.07, 6.45) is 2.62. The average molecular weight is 363 g/mol. The molecule has 0 aliphatic heterocycles. The van der Waals surface area contributed by atoms with Crippen molar-refractivity contribution < 1.29 is 4.39 Å². The third-order valence-electron chi connectivity index (χ3n) is 4.92. The van der Waals surface area contributed by atoms with Crippen LogP contribution in [0, 0.1) is 11.7 Å². The molecule has 130 valence electrons. The molecule has 5 rings (SSSR count). The van der Waals surface area contributed by atoms with Gasteiger partial charge in [-0.15, -0.1) is 11.3 Å². The molecule has 2 aromatic heterocycles. The average Bonchev–Trinajstić information content (AvgIpc) is 3.34. The molecule has 0 atom stereocenters. The zero-order chi connectivity index (χ0) is 17.5. The third kappa shape index (κ3) is 3.15. The number of nitrogens with zero attached hydrogens (tertiary/aromatic N) is 3. The number of aromatic nitrogens is 2. The maximum atomic E-state index is 13.4. The highest BCUT2D eigenvalue weighted by molar-refractivity contribution is 7.16. The Bertz CT molecular complexity index is 1090. The number of rotatable bonds is 5. The number of thiazole rings is 1. The van der Waals surface area contributed by atoms with Gasteiger partial charge in [-0.3, -0.25) is 4.98 Å². The van der Waals surface area contributed by atoms with Gasteiger partial charge in [-0.25, -0.2) is 9.37 Å². The van der Waals surface area contributed by atoms with E-state index in [1.165, 1.54) is 35.4 Å². The molecule has 26 heavy (non-hydrogen) atoms. The minimum atomic E-state index is -0.222. The molecule has 5 heteroatoms. The molecule has 0 saturated heterocycles. The maximum Gasteiger partial charge on any atom is 0.123 e. The molecule has 1 aliphatic rings. The number of hydrogen-bond donors (Lipinski definition) is 0. The third-order valence-corrected chi connectivity index (χ3v) is 5.71. The zero-order valence-corrected chi connectivity index (χ0v) is 15.0. The lowest BCUT2D eigenvalue weighted by atomic mass is 10.2. The molecular formula is C21H18FN3S. The normalized spacial score (nSPS) is 14.2. The van der Waals surface area contributed by atoms with E-state index in [4.69, 9.17) is 4.98 Å². The Kier molecular flexibility index (Phi) is 3.82. The molecule has 1 fully saturated rings. The fraction of sp³-hybridized carbons (Fsp3) is 0.238. The first-order valence-electron chi connectivity index (χ1n) is 8.88. The molecule has 0 unspecified atom stereocenters. The molecule has 3 nitrogen and oxygen atoms in total. The van der Waals surface area contributed by atoms with Crippen LogP contribution in [0.15, 0.2) is 54.0 Å². The first kappa shape index (κ1) is 15.7. The summed E-state index contributed by atoms with van der Waals surface area (Å²) in [5, 5.41) is 0.841. The van der Waals surface area contributed by atoms with Crippen molar-refractivity contribution in [2.75, 3.05) is 11.4 Å². The quantitative estimate of drug-likeness (QED) is 0.475. The van der Waals surface area contributed by atoms with Crippen molar-refractivity contribution in [3.05, 3.63) is 65.6 Å². The van der Waals surface area contributed by atoms with Crippen LogP contribution in [-0.2, 0) is 6.54 Å². The van der Waals surface area contributed by atoms with Crippen LogP contribution < -0.4 is 4.90 Å². The van der Waals surface area contributed by atoms with Gasteiger partial charge in [0.25, 0.3) is 0 Å². The van der Waals surface area contributed by atoms with Gasteiger partial charge in [0.05, 0.1) is 33.5 Å². The first-order chi connectivity index (χ1) is 12.7. The van der Waals surface area contributed by atoms with Crippen LogP contribution >= 0.6 is 11.3 Å². The van der Waals surface area contributed by atoms with E-state index in [1.54, 1.807) is 17.4 Å². The van der Waals surface area contributed by atoms with Crippen LogP contribution in [0.3, 0.4) is 0 Å². The van der Waals surface area contributed by atoms with Crippen molar-refractivity contribution in [1.82, 2.24) is 9.97 Å². The Morgan fingerprint density at radius 3 is 2.81 bits per heavy atom. The highest BCUT2D eigenvalue weighted by Gasteiger charge is 2.25. The van der Waals surface area contributed by atoms with E-state index in [-0.39, 0.29) is 5.82 Å². The summed E-state index contributed by atoms with van der Waals surface area (Å²) in [6, 6.07) is 15.2. The van der Waals surface area contributed by atoms with E-state index >= 15 is 0 Å². The van der Waals surface area contributed by atoms with Gasteiger partial charge in [0.1, 0.15) is 5.82 Å². The van der Waals surface area contributed by atoms with Crippen LogP contribution in [0.1, 0.15) is 18.5 Å². The molecule has 0 bridgehead atoms. The molecule has 4 aromatic rings. The molecule has 0 radical (unpaired) electrons. The molecule has 1 saturated carbocycles. The van der Waals surface area contributed by atoms with E-state index in [9.17, 15) is 4.39 Å². The highest BCUT2D eigenvalue weighted by atomic mass is 32.1. The number of pyridine rings is 1. The maximum absolute atomic E-state index is 13.4. The largest absolute Gasteiger partial charge is 0.365 e. The number of anilines is 1. The van der Waals surface area contributed by atoms with Gasteiger partial charge >= 0.3 is 0 Å². The second kappa shape index (κ2) is 6.32. The summed E-state index contributed by atoms with van der Waals surface area (Å²) in [5.41, 5.74) is 6.01. The van der Waals surface area contributed by atoms with Gasteiger partial charge in [0.2, 0.25) is 0 Å². The summed E-state index contributed by atoms with van der Waals surface area (Å²) in [7, 11) is 0. The van der Waals surface area contributed by atoms with Crippen molar-refractivity contribution in [3.63, 3.8) is 0 Å². The van der Waals surface area contributed by atoms with Crippen LogP contribution in [0.5, 0.6) is 0 Å². The molecular weight excluding hydrogens is 345 g/mol. The Balaban J connectivity index is 1.47. The van der Waals surface area contributed by atoms with Gasteiger partial charge in [-0.1, -0.05) is 6.07 Å². The lowest BCUT2D eigenvalue weighted by molar-refractivity contribution is 0.629. The van der Waals surface area contributed by atoms with Gasteiger partial charge in [-0.05, 0) is 61.2 Å². The molecule has 1 aliphatic carbocycles. The second-order valence-corrected chi connectivity index (χ2v) is 7.85. The van der Waals surface area contributed by atoms with Crippen LogP contribution in [0.4, 0.5) is 10.1 Å². The first-order valence-corrected chi connectivity index (χ1v) is 9.76. The molecule has 2 aromatic carbocycles. The van der Waals surface area contributed by atoms with Crippen molar-refractivity contribution in [2.24, 2.45) is 5.92 Å². The topological polar surface area (TPSA) is 29.0 Å². The van der Waals surface area contributed by atoms with Crippen LogP contribution in [0.25, 0.3) is 21.1 Å². The summed E-state index contributed by atoms with van der Waals surface area (Å²) >= 11 is 1.67. The molecule has 2 heterocycles. The number of halogens is 1. The number of hydrogen-bond acceptors (Lipinski definition) is 4. The molecule has 0 amide bonds. The number of benzene rings is 2. The fourth-order valence-corrected chi connectivity index (χ4v) is 4.05. The monoisotopic (exact) mass is 363 g/mol. The fourth-order valence-electron chi connectivity index (χ4n) is 3.34. The second-order valence-electron chi connectivity index (χ2n) is 6.97. The highest BCUT2D eigenvalue weighted by Crippen LogP contribution is 2.33. The van der Waals surface area contributed by atoms with E-state index in [0.717, 1.165) is 41.1 Å². The van der Waals surface area contributed by atoms with Crippen LogP contribution in [0.2, 0.25) is 0 Å². The minimum Gasteiger partial charge on any atom is -0.365 e. The molecule has 0 spiro atoms. The van der Waals surface area contributed by atoms with Crippen LogP contribution in [-0.4, -0.2) is 16.5 Å². The van der Waals surface area contributed by atoms with Gasteiger partial charge in [-0.2, -0.15) is 0 Å². The summed E-state index contributed by atoms with van der Waals surface area (Å²) in [4.78, 5) is 11.5. The Hall–Kier alpha value is -2.53. The summed E-state index contributed by atoms with van der Waals surface area (Å²) in [5.74, 6) is 0.557. The van der Waals surface area contributed by atoms with E-state index in [2.05, 4.69) is 28.1 Å². The van der Waals surface area contributed by atoms with E-state index in [0.29, 0.717) is 0 Å². The van der Waals surface area contributed by atoms with Crippen molar-refractivity contribution in [3.8, 4) is 0 Å². The number of fused-ring (bicyclic) bond motifs is 2. The molecule has 0 N–H and O–H groups in total. The standard InChI is InChI=1S/C21H18FN3S/c22-16-4-7-19-15(9-16)3-5-17(24-19)12-25(11-14-1-2-14)18-6-8-20-21(10-18)26-13-23-20/h3-10,13-14H,1-2,11-12H2. The predicted molar refractivity (Wildman–Crippen MR) is 105 cm³/mol. The van der Waals surface area contributed by atoms with Crippen molar-refractivity contribution in [2.45, 2.75) is 19.4 Å². The lowest BCUT2D eigenvalue weighted by Gasteiger charge is -2.25. The van der Waals surface area contributed by atoms with Crippen molar-refractivity contribution in [1.29, 1.82) is 0 Å². The van der Waals surface area contributed by atoms with Gasteiger partial charge < -0.3 is 4.90 Å². The summed E-state index contributed by atoms with van der Waals surface area (Å²) < 4.78 is 14.6. The van der Waals surface area contributed by atoms with Gasteiger partial charge in [0, 0.05) is 17.6 Å². The minimum absolute atomic E-state index is 0.222. The Morgan fingerprint density at radius 1 is 1.04 bits per heavy atom. The van der Waals surface area contributed by atoms with E-state index < -0.39 is 0 Å². The smallest absolute Gasteiger partial charge is 0.123 e. The SMILES string of the molecule is Fc1ccc2nc(CN(CC3CC3)c3ccc4ncsc4c3)ccc2c1.